The molecule has 1 aliphatic heterocycles. The van der Waals surface area contributed by atoms with Gasteiger partial charge in [0, 0.05) is 6.04 Å². The summed E-state index contributed by atoms with van der Waals surface area (Å²) in [6.07, 6.45) is 6.74. The second-order valence-corrected chi connectivity index (χ2v) is 4.48. The number of benzene rings is 1. The van der Waals surface area contributed by atoms with E-state index in [1.54, 1.807) is 19.2 Å². The zero-order chi connectivity index (χ0) is 12.3. The van der Waals surface area contributed by atoms with Gasteiger partial charge in [0.2, 0.25) is 0 Å². The van der Waals surface area contributed by atoms with E-state index >= 15 is 0 Å². The van der Waals surface area contributed by atoms with Gasteiger partial charge in [0.15, 0.2) is 11.5 Å². The van der Waals surface area contributed by atoms with Gasteiger partial charge in [-0.05, 0) is 44.1 Å². The summed E-state index contributed by atoms with van der Waals surface area (Å²) < 4.78 is 5.01. The van der Waals surface area contributed by atoms with Crippen LogP contribution in [-0.2, 0) is 0 Å². The number of phenolic OH excluding ortho intramolecular Hbond substituents is 1. The van der Waals surface area contributed by atoms with Crippen LogP contribution >= 0.6 is 0 Å². The van der Waals surface area contributed by atoms with E-state index in [-0.39, 0.29) is 5.75 Å². The van der Waals surface area contributed by atoms with Gasteiger partial charge in [-0.15, -0.1) is 0 Å². The van der Waals surface area contributed by atoms with Crippen molar-refractivity contribution < 1.29 is 9.84 Å². The smallest absolute Gasteiger partial charge is 0.160 e. The van der Waals surface area contributed by atoms with Crippen molar-refractivity contribution in [2.75, 3.05) is 20.7 Å². The molecule has 0 amide bonds. The lowest BCUT2D eigenvalue weighted by Crippen LogP contribution is -2.22. The van der Waals surface area contributed by atoms with Crippen molar-refractivity contribution in [3.63, 3.8) is 0 Å². The molecule has 1 N–H and O–H groups in total. The molecule has 0 spiro atoms. The van der Waals surface area contributed by atoms with E-state index in [4.69, 9.17) is 4.74 Å². The van der Waals surface area contributed by atoms with Gasteiger partial charge in [-0.1, -0.05) is 18.2 Å². The number of ether oxygens (including phenoxy) is 1. The Bertz CT molecular complexity index is 415. The van der Waals surface area contributed by atoms with Crippen LogP contribution in [0.4, 0.5) is 0 Å². The molecule has 0 aromatic heterocycles. The third-order valence-corrected chi connectivity index (χ3v) is 3.29. The Hall–Kier alpha value is -1.48. The Morgan fingerprint density at radius 1 is 1.47 bits per heavy atom. The summed E-state index contributed by atoms with van der Waals surface area (Å²) >= 11 is 0. The lowest BCUT2D eigenvalue weighted by molar-refractivity contribution is 0.358. The van der Waals surface area contributed by atoms with Crippen LogP contribution < -0.4 is 4.74 Å². The molecule has 0 saturated carbocycles. The molecule has 2 rings (SSSR count). The Kier molecular flexibility index (Phi) is 3.69. The fourth-order valence-electron chi connectivity index (χ4n) is 2.21. The minimum absolute atomic E-state index is 0.189. The van der Waals surface area contributed by atoms with Crippen LogP contribution in [-0.4, -0.2) is 36.8 Å². The molecule has 0 bridgehead atoms. The fraction of sp³-hybridized carbons (Fsp3) is 0.429. The van der Waals surface area contributed by atoms with Gasteiger partial charge in [-0.2, -0.15) is 0 Å². The molecule has 1 aromatic rings. The summed E-state index contributed by atoms with van der Waals surface area (Å²) in [7, 11) is 3.70. The van der Waals surface area contributed by atoms with Crippen molar-refractivity contribution in [1.29, 1.82) is 0 Å². The molecule has 0 aliphatic carbocycles. The first-order valence-electron chi connectivity index (χ1n) is 5.96. The van der Waals surface area contributed by atoms with Gasteiger partial charge < -0.3 is 9.84 Å². The molecule has 92 valence electrons. The van der Waals surface area contributed by atoms with Crippen LogP contribution in [0, 0.1) is 0 Å². The van der Waals surface area contributed by atoms with Gasteiger partial charge in [0.25, 0.3) is 0 Å². The van der Waals surface area contributed by atoms with Crippen molar-refractivity contribution in [3.05, 3.63) is 29.8 Å². The summed E-state index contributed by atoms with van der Waals surface area (Å²) in [6.45, 7) is 1.17. The van der Waals surface area contributed by atoms with E-state index in [0.29, 0.717) is 11.8 Å². The number of rotatable bonds is 3. The molecule has 0 radical (unpaired) electrons. The molecular formula is C14H19NO2. The number of likely N-dealkylation sites (tertiary alicyclic amines) is 1. The second kappa shape index (κ2) is 5.23. The zero-order valence-electron chi connectivity index (χ0n) is 10.4. The first-order valence-corrected chi connectivity index (χ1v) is 5.96. The highest BCUT2D eigenvalue weighted by molar-refractivity contribution is 5.55. The first-order chi connectivity index (χ1) is 8.20. The fourth-order valence-corrected chi connectivity index (χ4v) is 2.21. The molecule has 3 nitrogen and oxygen atoms in total. The predicted molar refractivity (Wildman–Crippen MR) is 69.3 cm³/mol. The minimum Gasteiger partial charge on any atom is -0.504 e. The maximum atomic E-state index is 9.67. The normalized spacial score (nSPS) is 21.2. The number of aromatic hydroxyl groups is 1. The zero-order valence-corrected chi connectivity index (χ0v) is 10.4. The summed E-state index contributed by atoms with van der Waals surface area (Å²) in [5.74, 6) is 0.703. The van der Waals surface area contributed by atoms with Crippen molar-refractivity contribution in [1.82, 2.24) is 4.90 Å². The van der Waals surface area contributed by atoms with Crippen LogP contribution in [0.15, 0.2) is 24.3 Å². The number of phenols is 1. The molecule has 1 heterocycles. The summed E-state index contributed by atoms with van der Waals surface area (Å²) in [5.41, 5.74) is 1.00. The molecule has 1 saturated heterocycles. The Balaban J connectivity index is 2.08. The van der Waals surface area contributed by atoms with Crippen molar-refractivity contribution >= 4 is 6.08 Å². The van der Waals surface area contributed by atoms with Crippen LogP contribution in [0.25, 0.3) is 6.08 Å². The monoisotopic (exact) mass is 233 g/mol. The molecule has 17 heavy (non-hydrogen) atoms. The molecule has 1 fully saturated rings. The van der Waals surface area contributed by atoms with Crippen LogP contribution in [0.5, 0.6) is 11.5 Å². The van der Waals surface area contributed by atoms with Gasteiger partial charge >= 0.3 is 0 Å². The van der Waals surface area contributed by atoms with E-state index in [0.717, 1.165) is 5.56 Å². The summed E-state index contributed by atoms with van der Waals surface area (Å²) in [5, 5.41) is 9.67. The van der Waals surface area contributed by atoms with Gasteiger partial charge in [-0.25, -0.2) is 0 Å². The van der Waals surface area contributed by atoms with Crippen molar-refractivity contribution in [2.24, 2.45) is 0 Å². The lowest BCUT2D eigenvalue weighted by atomic mass is 10.1. The highest BCUT2D eigenvalue weighted by Gasteiger charge is 2.17. The van der Waals surface area contributed by atoms with Crippen molar-refractivity contribution in [3.8, 4) is 11.5 Å². The molecule has 1 atom stereocenters. The average Bonchev–Trinajstić information content (AvgIpc) is 2.72. The van der Waals surface area contributed by atoms with E-state index in [2.05, 4.69) is 24.1 Å². The second-order valence-electron chi connectivity index (χ2n) is 4.48. The van der Waals surface area contributed by atoms with Crippen LogP contribution in [0.3, 0.4) is 0 Å². The SMILES string of the molecule is COc1ccc(/C=C/C2CCCN2C)cc1O. The maximum Gasteiger partial charge on any atom is 0.160 e. The number of methoxy groups -OCH3 is 1. The molecule has 3 heteroatoms. The Morgan fingerprint density at radius 3 is 2.88 bits per heavy atom. The number of hydrogen-bond acceptors (Lipinski definition) is 3. The van der Waals surface area contributed by atoms with E-state index in [1.165, 1.54) is 19.4 Å². The summed E-state index contributed by atoms with van der Waals surface area (Å²) in [6, 6.07) is 5.99. The van der Waals surface area contributed by atoms with E-state index in [9.17, 15) is 5.11 Å². The van der Waals surface area contributed by atoms with Gasteiger partial charge in [0.05, 0.1) is 7.11 Å². The summed E-state index contributed by atoms with van der Waals surface area (Å²) in [4.78, 5) is 2.35. The molecule has 1 aromatic carbocycles. The standard InChI is InChI=1S/C14H19NO2/c1-15-9-3-4-12(15)7-5-11-6-8-14(17-2)13(16)10-11/h5-8,10,12,16H,3-4,9H2,1-2H3/b7-5+. The highest BCUT2D eigenvalue weighted by atomic mass is 16.5. The maximum absolute atomic E-state index is 9.67. The Labute approximate surface area is 102 Å². The van der Waals surface area contributed by atoms with Gasteiger partial charge in [-0.3, -0.25) is 4.90 Å². The highest BCUT2D eigenvalue weighted by Crippen LogP contribution is 2.27. The number of hydrogen-bond donors (Lipinski definition) is 1. The molecule has 1 aliphatic rings. The average molecular weight is 233 g/mol. The molecular weight excluding hydrogens is 214 g/mol. The van der Waals surface area contributed by atoms with E-state index < -0.39 is 0 Å². The van der Waals surface area contributed by atoms with Crippen molar-refractivity contribution in [2.45, 2.75) is 18.9 Å². The number of nitrogens with zero attached hydrogens (tertiary/aromatic N) is 1. The predicted octanol–water partition coefficient (Wildman–Crippen LogP) is 2.51. The molecule has 1 unspecified atom stereocenters. The third-order valence-electron chi connectivity index (χ3n) is 3.29. The van der Waals surface area contributed by atoms with Crippen LogP contribution in [0.2, 0.25) is 0 Å². The first kappa shape index (κ1) is 12.0. The van der Waals surface area contributed by atoms with Gasteiger partial charge in [0.1, 0.15) is 0 Å². The topological polar surface area (TPSA) is 32.7 Å². The number of likely N-dealkylation sites (N-methyl/N-ethyl adjacent to an activating group) is 1. The van der Waals surface area contributed by atoms with Crippen LogP contribution in [0.1, 0.15) is 18.4 Å². The third kappa shape index (κ3) is 2.80. The van der Waals surface area contributed by atoms with E-state index in [1.807, 2.05) is 6.07 Å². The Morgan fingerprint density at radius 2 is 2.29 bits per heavy atom. The lowest BCUT2D eigenvalue weighted by Gasteiger charge is -2.14. The minimum atomic E-state index is 0.189. The quantitative estimate of drug-likeness (QED) is 0.870. The largest absolute Gasteiger partial charge is 0.504 e.